The molecule has 2 saturated carbocycles. The van der Waals surface area contributed by atoms with E-state index < -0.39 is 0 Å². The van der Waals surface area contributed by atoms with Crippen molar-refractivity contribution >= 4 is 5.97 Å². The number of esters is 1. The van der Waals surface area contributed by atoms with E-state index >= 15 is 0 Å². The Bertz CT molecular complexity index is 357. The topological polar surface area (TPSA) is 29.5 Å². The Hall–Kier alpha value is -0.570. The second-order valence-corrected chi connectivity index (χ2v) is 6.99. The van der Waals surface area contributed by atoms with Crippen LogP contribution in [0, 0.1) is 17.8 Å². The predicted octanol–water partition coefficient (Wildman–Crippen LogP) is 2.84. The van der Waals surface area contributed by atoms with E-state index in [2.05, 4.69) is 18.9 Å². The number of fused-ring (bicyclic) bond motifs is 2. The number of ether oxygens (including phenoxy) is 1. The Morgan fingerprint density at radius 2 is 2.21 bits per heavy atom. The lowest BCUT2D eigenvalue weighted by Crippen LogP contribution is -2.46. The van der Waals surface area contributed by atoms with Gasteiger partial charge >= 0.3 is 5.97 Å². The second-order valence-electron chi connectivity index (χ2n) is 6.99. The van der Waals surface area contributed by atoms with Crippen LogP contribution in [0.15, 0.2) is 0 Å². The number of rotatable bonds is 4. The molecule has 3 heteroatoms. The molecule has 3 aliphatic rings. The molecule has 4 atom stereocenters. The van der Waals surface area contributed by atoms with Gasteiger partial charge in [-0.1, -0.05) is 13.3 Å². The summed E-state index contributed by atoms with van der Waals surface area (Å²) in [5.74, 6) is 1.77. The first-order chi connectivity index (χ1) is 9.14. The van der Waals surface area contributed by atoms with Crippen molar-refractivity contribution in [3.63, 3.8) is 0 Å². The summed E-state index contributed by atoms with van der Waals surface area (Å²) in [6.07, 6.45) is 8.45. The molecule has 19 heavy (non-hydrogen) atoms. The smallest absolute Gasteiger partial charge is 0.309 e. The fourth-order valence-corrected chi connectivity index (χ4v) is 4.65. The Balaban J connectivity index is 1.55. The van der Waals surface area contributed by atoms with Crippen molar-refractivity contribution in [1.82, 2.24) is 4.90 Å². The largest absolute Gasteiger partial charge is 0.463 e. The van der Waals surface area contributed by atoms with E-state index in [9.17, 15) is 4.79 Å². The maximum atomic E-state index is 12.3. The van der Waals surface area contributed by atoms with Crippen LogP contribution in [-0.4, -0.2) is 36.6 Å². The SMILES string of the molecule is CCC1(COC(=O)C2CC3CCC2C3)CCCN1C. The quantitative estimate of drug-likeness (QED) is 0.732. The average Bonchev–Trinajstić information content (AvgIpc) is 3.11. The van der Waals surface area contributed by atoms with Crippen molar-refractivity contribution in [3.05, 3.63) is 0 Å². The summed E-state index contributed by atoms with van der Waals surface area (Å²) in [5, 5.41) is 0. The van der Waals surface area contributed by atoms with E-state index in [1.165, 1.54) is 32.1 Å². The van der Waals surface area contributed by atoms with Crippen LogP contribution in [0.5, 0.6) is 0 Å². The molecule has 0 aromatic heterocycles. The van der Waals surface area contributed by atoms with Gasteiger partial charge in [0, 0.05) is 0 Å². The molecule has 2 aliphatic carbocycles. The predicted molar refractivity (Wildman–Crippen MR) is 74.8 cm³/mol. The Morgan fingerprint density at radius 3 is 2.74 bits per heavy atom. The maximum absolute atomic E-state index is 12.3. The van der Waals surface area contributed by atoms with Crippen molar-refractivity contribution in [1.29, 1.82) is 0 Å². The molecule has 1 heterocycles. The molecule has 1 saturated heterocycles. The first kappa shape index (κ1) is 13.4. The van der Waals surface area contributed by atoms with Crippen LogP contribution in [0.4, 0.5) is 0 Å². The minimum absolute atomic E-state index is 0.0975. The van der Waals surface area contributed by atoms with Crippen molar-refractivity contribution in [2.24, 2.45) is 17.8 Å². The van der Waals surface area contributed by atoms with E-state index in [1.807, 2.05) is 0 Å². The van der Waals surface area contributed by atoms with Crippen LogP contribution in [0.3, 0.4) is 0 Å². The van der Waals surface area contributed by atoms with E-state index in [-0.39, 0.29) is 17.4 Å². The number of nitrogens with zero attached hydrogens (tertiary/aromatic N) is 1. The van der Waals surface area contributed by atoms with Gasteiger partial charge in [0.05, 0.1) is 11.5 Å². The first-order valence-corrected chi connectivity index (χ1v) is 8.02. The lowest BCUT2D eigenvalue weighted by molar-refractivity contribution is -0.154. The molecule has 3 rings (SSSR count). The van der Waals surface area contributed by atoms with Gasteiger partial charge in [-0.25, -0.2) is 0 Å². The zero-order valence-corrected chi connectivity index (χ0v) is 12.4. The summed E-state index contributed by atoms with van der Waals surface area (Å²) in [6.45, 7) is 3.96. The molecule has 0 N–H and O–H groups in total. The van der Waals surface area contributed by atoms with Crippen LogP contribution in [0.25, 0.3) is 0 Å². The number of likely N-dealkylation sites (tertiary alicyclic amines) is 1. The molecule has 0 amide bonds. The molecule has 3 fully saturated rings. The summed E-state index contributed by atoms with van der Waals surface area (Å²) in [6, 6.07) is 0. The van der Waals surface area contributed by atoms with Gasteiger partial charge in [-0.2, -0.15) is 0 Å². The van der Waals surface area contributed by atoms with Crippen LogP contribution in [-0.2, 0) is 9.53 Å². The monoisotopic (exact) mass is 265 g/mol. The summed E-state index contributed by atoms with van der Waals surface area (Å²) in [7, 11) is 2.17. The molecule has 0 aromatic rings. The van der Waals surface area contributed by atoms with Gasteiger partial charge in [0.25, 0.3) is 0 Å². The van der Waals surface area contributed by atoms with Gasteiger partial charge in [0.2, 0.25) is 0 Å². The van der Waals surface area contributed by atoms with E-state index in [1.54, 1.807) is 0 Å². The highest BCUT2D eigenvalue weighted by Gasteiger charge is 2.45. The van der Waals surface area contributed by atoms with Crippen LogP contribution >= 0.6 is 0 Å². The highest BCUT2D eigenvalue weighted by molar-refractivity contribution is 5.73. The average molecular weight is 265 g/mol. The molecule has 0 aromatic carbocycles. The summed E-state index contributed by atoms with van der Waals surface area (Å²) >= 11 is 0. The van der Waals surface area contributed by atoms with Gasteiger partial charge in [-0.05, 0) is 64.0 Å². The number of hydrogen-bond acceptors (Lipinski definition) is 3. The standard InChI is InChI=1S/C16H27NO2/c1-3-16(7-4-8-17(16)2)11-19-15(18)14-10-12-5-6-13(14)9-12/h12-14H,3-11H2,1-2H3. The molecule has 1 aliphatic heterocycles. The molecule has 4 unspecified atom stereocenters. The zero-order chi connectivity index (χ0) is 13.5. The molecule has 0 radical (unpaired) electrons. The van der Waals surface area contributed by atoms with Crippen LogP contribution in [0.2, 0.25) is 0 Å². The Kier molecular flexibility index (Phi) is 3.59. The third kappa shape index (κ3) is 2.31. The van der Waals surface area contributed by atoms with Crippen molar-refractivity contribution in [2.75, 3.05) is 20.2 Å². The van der Waals surface area contributed by atoms with Gasteiger partial charge in [-0.15, -0.1) is 0 Å². The maximum Gasteiger partial charge on any atom is 0.309 e. The number of carbonyl (C=O) groups is 1. The number of hydrogen-bond donors (Lipinski definition) is 0. The number of carbonyl (C=O) groups excluding carboxylic acids is 1. The first-order valence-electron chi connectivity index (χ1n) is 8.02. The van der Waals surface area contributed by atoms with E-state index in [0.29, 0.717) is 12.5 Å². The van der Waals surface area contributed by atoms with Gasteiger partial charge in [-0.3, -0.25) is 9.69 Å². The normalized spacial score (nSPS) is 41.9. The van der Waals surface area contributed by atoms with Crippen molar-refractivity contribution < 1.29 is 9.53 Å². The van der Waals surface area contributed by atoms with Crippen molar-refractivity contribution in [2.45, 2.75) is 57.4 Å². The van der Waals surface area contributed by atoms with Gasteiger partial charge < -0.3 is 4.74 Å². The minimum atomic E-state index is 0.0975. The minimum Gasteiger partial charge on any atom is -0.463 e. The fraction of sp³-hybridized carbons (Fsp3) is 0.938. The third-order valence-corrected chi connectivity index (χ3v) is 6.13. The molecule has 108 valence electrons. The molecular weight excluding hydrogens is 238 g/mol. The lowest BCUT2D eigenvalue weighted by Gasteiger charge is -2.35. The molecule has 3 nitrogen and oxygen atoms in total. The lowest BCUT2D eigenvalue weighted by atomic mass is 9.89. The van der Waals surface area contributed by atoms with Gasteiger partial charge in [0.15, 0.2) is 0 Å². The molecular formula is C16H27NO2. The fourth-order valence-electron chi connectivity index (χ4n) is 4.65. The Labute approximate surface area is 116 Å². The van der Waals surface area contributed by atoms with Crippen molar-refractivity contribution in [3.8, 4) is 0 Å². The second kappa shape index (κ2) is 5.08. The Morgan fingerprint density at radius 1 is 1.37 bits per heavy atom. The summed E-state index contributed by atoms with van der Waals surface area (Å²) in [4.78, 5) is 14.7. The van der Waals surface area contributed by atoms with Crippen LogP contribution in [0.1, 0.15) is 51.9 Å². The molecule has 0 spiro atoms. The summed E-state index contributed by atoms with van der Waals surface area (Å²) < 4.78 is 5.75. The van der Waals surface area contributed by atoms with Crippen LogP contribution < -0.4 is 0 Å². The zero-order valence-electron chi connectivity index (χ0n) is 12.4. The van der Waals surface area contributed by atoms with E-state index in [0.717, 1.165) is 25.3 Å². The highest BCUT2D eigenvalue weighted by Crippen LogP contribution is 2.48. The number of likely N-dealkylation sites (N-methyl/N-ethyl adjacent to an activating group) is 1. The highest BCUT2D eigenvalue weighted by atomic mass is 16.5. The molecule has 2 bridgehead atoms. The van der Waals surface area contributed by atoms with E-state index in [4.69, 9.17) is 4.74 Å². The van der Waals surface area contributed by atoms with Gasteiger partial charge in [0.1, 0.15) is 6.61 Å². The third-order valence-electron chi connectivity index (χ3n) is 6.13. The summed E-state index contributed by atoms with van der Waals surface area (Å²) in [5.41, 5.74) is 0.118.